The zero-order valence-electron chi connectivity index (χ0n) is 49.6. The van der Waals surface area contributed by atoms with Crippen LogP contribution in [-0.4, -0.2) is 198 Å². The fourth-order valence-corrected chi connectivity index (χ4v) is 9.08. The van der Waals surface area contributed by atoms with Crippen molar-refractivity contribution in [3.8, 4) is 0 Å². The second kappa shape index (κ2) is 39.8. The standard InChI is InChI=1S/C55H96N16O14/c1-6-7-9-14-34(74)29-43(75)62-35(15-21-56)50(80)71-45(32(5)73)55(85)67-38(18-24-59)47(77)66-40-20-26-61-54(84)44(31(4)72)70-51(81)39(19-25-60)64-46(76)36(16-22-57)65-52(82)41(27-30(2)3)68-53(83)42(28-33-12-10-8-11-13-33)69-48(78)37(17-23-58)63-49(40)79/h8,10-13,30-32,35-42,44-45,54,61,72-73,84H,6-7,9,14-29,56-60H2,1-5H3,(H,62,75)(H,63,79)(H,64,76)(H,65,82)(H,66,77)(H,67,85)(H,68,83)(H,69,78)(H,70,81)(H,71,80)/t31-,32?,35+,36+,37?,38+,39+,40+,41+,42-,44+,45+,54?/m1/s1. The van der Waals surface area contributed by atoms with E-state index < -0.39 is 151 Å². The molecule has 24 N–H and O–H groups in total. The Morgan fingerprint density at radius 3 is 1.60 bits per heavy atom. The molecule has 1 aliphatic heterocycles. The smallest absolute Gasteiger partial charge is 0.245 e. The number of amides is 10. The molecule has 0 bridgehead atoms. The molecule has 1 fully saturated rings. The summed E-state index contributed by atoms with van der Waals surface area (Å²) in [7, 11) is 0. The molecule has 1 aromatic carbocycles. The molecule has 30 nitrogen and oxygen atoms in total. The van der Waals surface area contributed by atoms with Crippen molar-refractivity contribution in [1.82, 2.24) is 58.5 Å². The number of carbonyl (C=O) groups excluding carboxylic acids is 11. The van der Waals surface area contributed by atoms with Gasteiger partial charge in [0.05, 0.1) is 24.7 Å². The van der Waals surface area contributed by atoms with Gasteiger partial charge >= 0.3 is 0 Å². The predicted molar refractivity (Wildman–Crippen MR) is 313 cm³/mol. The van der Waals surface area contributed by atoms with Crippen LogP contribution in [0.2, 0.25) is 0 Å². The maximum absolute atomic E-state index is 14.5. The summed E-state index contributed by atoms with van der Waals surface area (Å²) in [6.07, 6.45) is -4.43. The summed E-state index contributed by atoms with van der Waals surface area (Å²) in [6, 6.07) is -6.25. The number of benzene rings is 1. The van der Waals surface area contributed by atoms with Crippen LogP contribution in [-0.2, 0) is 59.2 Å². The Hall–Kier alpha value is -6.77. The Morgan fingerprint density at radius 2 is 1.09 bits per heavy atom. The van der Waals surface area contributed by atoms with Gasteiger partial charge in [0.1, 0.15) is 66.4 Å². The molecule has 480 valence electrons. The number of nitrogens with two attached hydrogens (primary N) is 5. The Labute approximate surface area is 496 Å². The fourth-order valence-electron chi connectivity index (χ4n) is 9.08. The van der Waals surface area contributed by atoms with Crippen molar-refractivity contribution in [2.24, 2.45) is 34.6 Å². The topological polar surface area (TPSA) is 511 Å². The first kappa shape index (κ1) is 74.3. The van der Waals surface area contributed by atoms with Crippen LogP contribution >= 0.6 is 0 Å². The second-order valence-electron chi connectivity index (χ2n) is 21.6. The van der Waals surface area contributed by atoms with E-state index in [1.54, 1.807) is 44.2 Å². The van der Waals surface area contributed by atoms with E-state index in [4.69, 9.17) is 28.7 Å². The summed E-state index contributed by atoms with van der Waals surface area (Å²) in [5.41, 5.74) is 29.9. The van der Waals surface area contributed by atoms with E-state index in [2.05, 4.69) is 58.5 Å². The van der Waals surface area contributed by atoms with E-state index in [1.165, 1.54) is 13.8 Å². The lowest BCUT2D eigenvalue weighted by atomic mass is 10.00. The van der Waals surface area contributed by atoms with Gasteiger partial charge in [0.2, 0.25) is 59.1 Å². The van der Waals surface area contributed by atoms with Gasteiger partial charge in [-0.05, 0) is 109 Å². The summed E-state index contributed by atoms with van der Waals surface area (Å²) in [5, 5.41) is 61.1. The molecule has 1 heterocycles. The maximum atomic E-state index is 14.5. The van der Waals surface area contributed by atoms with Gasteiger partial charge in [0, 0.05) is 19.4 Å². The Balaban J connectivity index is 2.69. The first-order chi connectivity index (χ1) is 40.3. The zero-order valence-corrected chi connectivity index (χ0v) is 49.6. The second-order valence-corrected chi connectivity index (χ2v) is 21.6. The van der Waals surface area contributed by atoms with Gasteiger partial charge in [-0.25, -0.2) is 0 Å². The lowest BCUT2D eigenvalue weighted by molar-refractivity contribution is -0.137. The molecule has 1 aliphatic rings. The maximum Gasteiger partial charge on any atom is 0.245 e. The third kappa shape index (κ3) is 27.0. The molecule has 10 amide bonds. The van der Waals surface area contributed by atoms with E-state index in [0.29, 0.717) is 12.0 Å². The van der Waals surface area contributed by atoms with Gasteiger partial charge in [-0.3, -0.25) is 58.1 Å². The highest BCUT2D eigenvalue weighted by Crippen LogP contribution is 2.12. The van der Waals surface area contributed by atoms with Gasteiger partial charge in [-0.15, -0.1) is 0 Å². The van der Waals surface area contributed by atoms with Crippen molar-refractivity contribution in [3.63, 3.8) is 0 Å². The third-order valence-electron chi connectivity index (χ3n) is 13.8. The van der Waals surface area contributed by atoms with Crippen molar-refractivity contribution in [3.05, 3.63) is 35.9 Å². The van der Waals surface area contributed by atoms with Crippen molar-refractivity contribution < 1.29 is 68.1 Å². The van der Waals surface area contributed by atoms with E-state index in [0.717, 1.165) is 12.8 Å². The minimum absolute atomic E-state index is 0.0447. The summed E-state index contributed by atoms with van der Waals surface area (Å²) in [5.74, 6) is -9.73. The van der Waals surface area contributed by atoms with Crippen LogP contribution in [0.4, 0.5) is 0 Å². The number of hydrogen-bond acceptors (Lipinski definition) is 20. The highest BCUT2D eigenvalue weighted by Gasteiger charge is 2.38. The molecule has 30 heteroatoms. The average Bonchev–Trinajstić information content (AvgIpc) is 3.53. The number of ketones is 1. The number of unbranched alkanes of at least 4 members (excludes halogenated alkanes) is 2. The van der Waals surface area contributed by atoms with Crippen molar-refractivity contribution >= 4 is 64.9 Å². The fraction of sp³-hybridized carbons (Fsp3) is 0.691. The lowest BCUT2D eigenvalue weighted by Gasteiger charge is -2.30. The molecule has 85 heavy (non-hydrogen) atoms. The van der Waals surface area contributed by atoms with Gasteiger partial charge in [-0.2, -0.15) is 0 Å². The molecule has 1 aromatic rings. The van der Waals surface area contributed by atoms with E-state index in [-0.39, 0.29) is 102 Å². The highest BCUT2D eigenvalue weighted by molar-refractivity contribution is 6.01. The minimum Gasteiger partial charge on any atom is -0.391 e. The highest BCUT2D eigenvalue weighted by atomic mass is 16.3. The largest absolute Gasteiger partial charge is 0.391 e. The summed E-state index contributed by atoms with van der Waals surface area (Å²) >= 11 is 0. The number of rotatable bonds is 29. The molecular weight excluding hydrogens is 1110 g/mol. The molecule has 0 aromatic heterocycles. The lowest BCUT2D eigenvalue weighted by Crippen LogP contribution is -2.62. The average molecular weight is 1210 g/mol. The number of carbonyl (C=O) groups is 11. The molecule has 0 spiro atoms. The zero-order chi connectivity index (χ0) is 63.8. The van der Waals surface area contributed by atoms with Crippen LogP contribution in [0.25, 0.3) is 0 Å². The molecule has 0 radical (unpaired) electrons. The molecule has 0 saturated carbocycles. The van der Waals surface area contributed by atoms with Gasteiger partial charge in [-0.1, -0.05) is 63.9 Å². The monoisotopic (exact) mass is 1200 g/mol. The van der Waals surface area contributed by atoms with Crippen LogP contribution in [0.1, 0.15) is 117 Å². The van der Waals surface area contributed by atoms with Crippen LogP contribution in [0, 0.1) is 5.92 Å². The van der Waals surface area contributed by atoms with Gasteiger partial charge in [0.15, 0.2) is 0 Å². The molecule has 1 saturated heterocycles. The SMILES string of the molecule is CCCCCC(=O)CC(=O)N[C@@H](CCN)C(=O)N[C@H](C(=O)N[C@@H](CCN)C(=O)N[C@H]1CCNC(O)[C@H]([C@@H](C)O)NC(=O)[C@H](CCN)NC(=O)[C@H](CCN)NC(=O)[C@H](CC(C)C)NC(=O)[C@@H](Cc2ccccc2)NC(=O)C(CCN)NC1=O)C(C)O. The Bertz CT molecular complexity index is 2320. The minimum atomic E-state index is -1.79. The number of aliphatic hydroxyl groups is 3. The molecule has 13 atom stereocenters. The molecule has 2 rings (SSSR count). The molecule has 0 aliphatic carbocycles. The van der Waals surface area contributed by atoms with E-state index in [9.17, 15) is 68.1 Å². The summed E-state index contributed by atoms with van der Waals surface area (Å²) in [6.45, 7) is 6.78. The number of Topliss-reactive ketones (excluding diaryl/α,β-unsaturated/α-hetero) is 1. The number of nitrogens with one attached hydrogen (secondary N) is 11. The normalized spacial score (nSPS) is 23.4. The van der Waals surface area contributed by atoms with Crippen LogP contribution in [0.5, 0.6) is 0 Å². The predicted octanol–water partition coefficient (Wildman–Crippen LogP) is -6.52. The van der Waals surface area contributed by atoms with Crippen LogP contribution in [0.3, 0.4) is 0 Å². The first-order valence-corrected chi connectivity index (χ1v) is 29.2. The van der Waals surface area contributed by atoms with Crippen molar-refractivity contribution in [2.45, 2.75) is 197 Å². The van der Waals surface area contributed by atoms with Crippen molar-refractivity contribution in [2.75, 3.05) is 39.3 Å². The molecule has 3 unspecified atom stereocenters. The quantitative estimate of drug-likeness (QED) is 0.0262. The van der Waals surface area contributed by atoms with Crippen LogP contribution in [0.15, 0.2) is 30.3 Å². The first-order valence-electron chi connectivity index (χ1n) is 29.2. The van der Waals surface area contributed by atoms with Gasteiger partial charge < -0.3 is 97.2 Å². The van der Waals surface area contributed by atoms with Crippen molar-refractivity contribution in [1.29, 1.82) is 0 Å². The summed E-state index contributed by atoms with van der Waals surface area (Å²) in [4.78, 5) is 152. The summed E-state index contributed by atoms with van der Waals surface area (Å²) < 4.78 is 0. The van der Waals surface area contributed by atoms with E-state index in [1.807, 2.05) is 6.92 Å². The van der Waals surface area contributed by atoms with E-state index >= 15 is 0 Å². The Morgan fingerprint density at radius 1 is 0.600 bits per heavy atom. The van der Waals surface area contributed by atoms with Gasteiger partial charge in [0.25, 0.3) is 0 Å². The number of aliphatic hydroxyl groups excluding tert-OH is 3. The molecular formula is C55H96N16O14. The Kier molecular flexibility index (Phi) is 34.8. The van der Waals surface area contributed by atoms with Crippen LogP contribution < -0.4 is 87.2 Å². The third-order valence-corrected chi connectivity index (χ3v) is 13.8. The number of hydrogen-bond donors (Lipinski definition) is 19.